The molecule has 0 heterocycles. The van der Waals surface area contributed by atoms with Crippen molar-refractivity contribution in [2.24, 2.45) is 11.7 Å². The van der Waals surface area contributed by atoms with Crippen LogP contribution in [0.5, 0.6) is 0 Å². The van der Waals surface area contributed by atoms with E-state index in [0.717, 1.165) is 0 Å². The molecule has 0 aromatic rings. The Kier molecular flexibility index (Phi) is 2.91. The summed E-state index contributed by atoms with van der Waals surface area (Å²) in [7, 11) is 0. The second kappa shape index (κ2) is 3.45. The fourth-order valence-electron chi connectivity index (χ4n) is 0.288. The van der Waals surface area contributed by atoms with E-state index in [2.05, 4.69) is 5.73 Å². The van der Waals surface area contributed by atoms with Crippen LogP contribution in [0.4, 0.5) is 4.79 Å². The lowest BCUT2D eigenvalue weighted by Crippen LogP contribution is -2.37. The topological polar surface area (TPSA) is 96.0 Å². The van der Waals surface area contributed by atoms with Crippen molar-refractivity contribution in [2.45, 2.75) is 6.92 Å². The van der Waals surface area contributed by atoms with Gasteiger partial charge in [0, 0.05) is 0 Å². The summed E-state index contributed by atoms with van der Waals surface area (Å²) in [6, 6.07) is 0.712. The fourth-order valence-corrected chi connectivity index (χ4v) is 0.288. The van der Waals surface area contributed by atoms with Gasteiger partial charge >= 0.3 is 6.03 Å². The number of nitrogens with two attached hydrogens (primary N) is 1. The lowest BCUT2D eigenvalue weighted by molar-refractivity contribution is -0.121. The highest BCUT2D eigenvalue weighted by atomic mass is 16.2. The average Bonchev–Trinajstić information content (AvgIpc) is 1.85. The molecule has 0 aromatic heterocycles. The number of primary amides is 1. The zero-order chi connectivity index (χ0) is 8.15. The number of imide groups is 1. The molecule has 3 amide bonds. The minimum Gasteiger partial charge on any atom is -0.351 e. The van der Waals surface area contributed by atoms with Gasteiger partial charge in [0.1, 0.15) is 5.92 Å². The second-order valence-electron chi connectivity index (χ2n) is 1.70. The number of amides is 3. The first-order valence-electron chi connectivity index (χ1n) is 2.58. The van der Waals surface area contributed by atoms with E-state index in [1.165, 1.54) is 6.92 Å². The number of hydrogen-bond acceptors (Lipinski definition) is 3. The third kappa shape index (κ3) is 2.67. The van der Waals surface area contributed by atoms with E-state index in [0.29, 0.717) is 0 Å². The minimum atomic E-state index is -0.938. The molecular weight excluding hydrogens is 135 g/mol. The molecule has 0 aromatic carbocycles. The molecular formula is C5H7N3O2. The summed E-state index contributed by atoms with van der Waals surface area (Å²) in [5, 5.41) is 9.93. The smallest absolute Gasteiger partial charge is 0.318 e. The van der Waals surface area contributed by atoms with Crippen molar-refractivity contribution in [2.75, 3.05) is 0 Å². The summed E-state index contributed by atoms with van der Waals surface area (Å²) in [6.07, 6.45) is 0. The molecule has 0 rings (SSSR count). The SMILES string of the molecule is CC([13C]#N)C(=O)NC(N)=O. The maximum atomic E-state index is 10.6. The zero-order valence-corrected chi connectivity index (χ0v) is 5.42. The number of nitrogens with zero attached hydrogens (tertiary/aromatic N) is 1. The van der Waals surface area contributed by atoms with Crippen molar-refractivity contribution >= 4 is 11.9 Å². The Bertz CT molecular complexity index is 194. The molecule has 0 aliphatic heterocycles. The van der Waals surface area contributed by atoms with Crippen molar-refractivity contribution in [1.29, 1.82) is 5.26 Å². The van der Waals surface area contributed by atoms with Crippen molar-refractivity contribution < 1.29 is 9.59 Å². The maximum Gasteiger partial charge on any atom is 0.318 e. The standard InChI is InChI=1S/C5H7N3O2/c1-3(2-6)4(9)8-5(7)10/h3H,1H3,(H3,7,8,9,10)/i2+1. The van der Waals surface area contributed by atoms with Crippen molar-refractivity contribution in [3.05, 3.63) is 0 Å². The monoisotopic (exact) mass is 142 g/mol. The maximum absolute atomic E-state index is 10.6. The number of urea groups is 1. The number of rotatable bonds is 1. The van der Waals surface area contributed by atoms with Gasteiger partial charge in [-0.1, -0.05) is 0 Å². The summed E-state index contributed by atoms with van der Waals surface area (Å²) < 4.78 is 0. The molecule has 3 N–H and O–H groups in total. The molecule has 0 bridgehead atoms. The Morgan fingerprint density at radius 3 is 2.50 bits per heavy atom. The Balaban J connectivity index is 3.88. The van der Waals surface area contributed by atoms with Crippen molar-refractivity contribution in [3.63, 3.8) is 0 Å². The molecule has 54 valence electrons. The molecule has 1 atom stereocenters. The van der Waals surface area contributed by atoms with Crippen LogP contribution in [-0.4, -0.2) is 11.9 Å². The fraction of sp³-hybridized carbons (Fsp3) is 0.400. The van der Waals surface area contributed by atoms with Gasteiger partial charge in [0.25, 0.3) is 0 Å². The molecule has 0 aliphatic carbocycles. The van der Waals surface area contributed by atoms with E-state index in [1.54, 1.807) is 11.4 Å². The predicted molar refractivity (Wildman–Crippen MR) is 32.5 cm³/mol. The van der Waals surface area contributed by atoms with E-state index in [4.69, 9.17) is 5.26 Å². The third-order valence-electron chi connectivity index (χ3n) is 0.833. The number of carbonyl (C=O) groups is 2. The molecule has 0 fully saturated rings. The zero-order valence-electron chi connectivity index (χ0n) is 5.42. The van der Waals surface area contributed by atoms with Crippen LogP contribution >= 0.6 is 0 Å². The Morgan fingerprint density at radius 2 is 2.20 bits per heavy atom. The van der Waals surface area contributed by atoms with Gasteiger partial charge in [-0.05, 0) is 6.92 Å². The van der Waals surface area contributed by atoms with Crippen LogP contribution in [0.15, 0.2) is 0 Å². The number of nitrogens with one attached hydrogen (secondary N) is 1. The molecule has 0 saturated heterocycles. The molecule has 0 aliphatic rings. The minimum absolute atomic E-state index is 0.671. The summed E-state index contributed by atoms with van der Waals surface area (Å²) in [4.78, 5) is 20.6. The van der Waals surface area contributed by atoms with Gasteiger partial charge in [0.15, 0.2) is 0 Å². The Morgan fingerprint density at radius 1 is 1.70 bits per heavy atom. The van der Waals surface area contributed by atoms with Crippen LogP contribution < -0.4 is 11.1 Å². The Hall–Kier alpha value is -1.57. The van der Waals surface area contributed by atoms with Crippen LogP contribution in [-0.2, 0) is 4.79 Å². The molecule has 10 heavy (non-hydrogen) atoms. The Labute approximate surface area is 57.8 Å². The normalized spacial score (nSPS) is 11.2. The van der Waals surface area contributed by atoms with Gasteiger partial charge in [0.05, 0.1) is 6.07 Å². The summed E-state index contributed by atoms with van der Waals surface area (Å²) >= 11 is 0. The van der Waals surface area contributed by atoms with Gasteiger partial charge in [-0.3, -0.25) is 10.1 Å². The second-order valence-corrected chi connectivity index (χ2v) is 1.70. The number of hydrogen-bond donors (Lipinski definition) is 2. The summed E-state index contributed by atoms with van der Waals surface area (Å²) in [6.45, 7) is 1.37. The highest BCUT2D eigenvalue weighted by Crippen LogP contribution is 1.89. The summed E-state index contributed by atoms with van der Waals surface area (Å²) in [5.41, 5.74) is 4.61. The van der Waals surface area contributed by atoms with Gasteiger partial charge in [-0.2, -0.15) is 5.26 Å². The van der Waals surface area contributed by atoms with E-state index in [1.807, 2.05) is 0 Å². The largest absolute Gasteiger partial charge is 0.351 e. The predicted octanol–water partition coefficient (Wildman–Crippen LogP) is -0.659. The van der Waals surface area contributed by atoms with E-state index in [-0.39, 0.29) is 0 Å². The third-order valence-corrected chi connectivity index (χ3v) is 0.833. The summed E-state index contributed by atoms with van der Waals surface area (Å²) in [5.74, 6) is -1.51. The molecule has 0 saturated carbocycles. The van der Waals surface area contributed by atoms with Gasteiger partial charge in [-0.15, -0.1) is 0 Å². The molecule has 0 spiro atoms. The molecule has 1 unspecified atom stereocenters. The molecule has 5 nitrogen and oxygen atoms in total. The van der Waals surface area contributed by atoms with Crippen molar-refractivity contribution in [3.8, 4) is 6.07 Å². The number of carbonyl (C=O) groups excluding carboxylic acids is 2. The van der Waals surface area contributed by atoms with Gasteiger partial charge < -0.3 is 5.73 Å². The van der Waals surface area contributed by atoms with E-state index < -0.39 is 17.9 Å². The van der Waals surface area contributed by atoms with Crippen LogP contribution in [0.3, 0.4) is 0 Å². The van der Waals surface area contributed by atoms with E-state index in [9.17, 15) is 9.59 Å². The van der Waals surface area contributed by atoms with Crippen LogP contribution in [0.2, 0.25) is 0 Å². The van der Waals surface area contributed by atoms with Gasteiger partial charge in [-0.25, -0.2) is 4.79 Å². The lowest BCUT2D eigenvalue weighted by Gasteiger charge is -1.99. The van der Waals surface area contributed by atoms with Crippen molar-refractivity contribution in [1.82, 2.24) is 5.32 Å². The quantitative estimate of drug-likeness (QED) is 0.475. The van der Waals surface area contributed by atoms with Crippen LogP contribution in [0, 0.1) is 17.2 Å². The van der Waals surface area contributed by atoms with Crippen LogP contribution in [0.1, 0.15) is 6.92 Å². The number of nitriles is 1. The lowest BCUT2D eigenvalue weighted by atomic mass is 10.3. The first-order valence-corrected chi connectivity index (χ1v) is 2.58. The highest BCUT2D eigenvalue weighted by Gasteiger charge is 2.12. The first kappa shape index (κ1) is 8.43. The van der Waals surface area contributed by atoms with Crippen LogP contribution in [0.25, 0.3) is 0 Å². The van der Waals surface area contributed by atoms with Gasteiger partial charge in [0.2, 0.25) is 5.91 Å². The average molecular weight is 142 g/mol. The highest BCUT2D eigenvalue weighted by molar-refractivity contribution is 5.95. The molecule has 5 heteroatoms. The molecule has 0 radical (unpaired) electrons. The first-order chi connectivity index (χ1) is 4.57. The van der Waals surface area contributed by atoms with E-state index >= 15 is 0 Å².